The van der Waals surface area contributed by atoms with Gasteiger partial charge in [0, 0.05) is 21.5 Å². The maximum Gasteiger partial charge on any atom is 0.416 e. The lowest BCUT2D eigenvalue weighted by molar-refractivity contribution is -0.137. The number of nitrogens with zero attached hydrogens (tertiary/aromatic N) is 4. The van der Waals surface area contributed by atoms with E-state index in [1.54, 1.807) is 0 Å². The standard InChI is InChI=1S/C41H25F3N4/c1-24-9-7-15-35-39(24)30-11-3-5-13-33(30)47(35)37-20-26(29-18-17-28(41(42,43)44)19-27(29)22-45)21-38(32(37)23-46)48-34-14-6-4-12-31(34)40-25(2)10-8-16-36(40)48/h3-21H,1-2H3. The average molecular weight is 631 g/mol. The van der Waals surface area contributed by atoms with Crippen molar-refractivity contribution >= 4 is 43.6 Å². The van der Waals surface area contributed by atoms with Crippen LogP contribution in [0.25, 0.3) is 66.1 Å². The number of para-hydroxylation sites is 2. The Hall–Kier alpha value is -6.31. The Labute approximate surface area is 273 Å². The Morgan fingerprint density at radius 2 is 1.06 bits per heavy atom. The first-order chi connectivity index (χ1) is 23.2. The van der Waals surface area contributed by atoms with Crippen molar-refractivity contribution < 1.29 is 13.2 Å². The molecule has 0 aliphatic carbocycles. The molecule has 0 unspecified atom stereocenters. The molecule has 0 saturated carbocycles. The van der Waals surface area contributed by atoms with Gasteiger partial charge in [-0.15, -0.1) is 0 Å². The van der Waals surface area contributed by atoms with E-state index in [1.165, 1.54) is 6.07 Å². The minimum Gasteiger partial charge on any atom is -0.308 e. The molecule has 0 spiro atoms. The first kappa shape index (κ1) is 29.1. The number of hydrogen-bond donors (Lipinski definition) is 0. The SMILES string of the molecule is Cc1cccc2c1c1ccccc1n2-c1cc(-c2ccc(C(F)(F)F)cc2C#N)cc(-n2c3ccccc3c3c(C)cccc32)c1C#N. The summed E-state index contributed by atoms with van der Waals surface area (Å²) in [4.78, 5) is 0. The van der Waals surface area contributed by atoms with Crippen LogP contribution in [0.1, 0.15) is 27.8 Å². The van der Waals surface area contributed by atoms with Gasteiger partial charge >= 0.3 is 6.18 Å². The van der Waals surface area contributed by atoms with Crippen molar-refractivity contribution in [1.82, 2.24) is 9.13 Å². The molecule has 0 bridgehead atoms. The van der Waals surface area contributed by atoms with E-state index in [2.05, 4.69) is 27.3 Å². The average Bonchev–Trinajstić information content (AvgIpc) is 3.61. The molecular weight excluding hydrogens is 605 g/mol. The second kappa shape index (κ2) is 10.6. The van der Waals surface area contributed by atoms with Crippen LogP contribution in [0, 0.1) is 36.5 Å². The molecule has 2 heterocycles. The number of nitriles is 2. The van der Waals surface area contributed by atoms with Gasteiger partial charge in [-0.05, 0) is 84.6 Å². The maximum atomic E-state index is 13.7. The van der Waals surface area contributed by atoms with E-state index in [0.29, 0.717) is 28.1 Å². The van der Waals surface area contributed by atoms with Crippen LogP contribution in [-0.4, -0.2) is 9.13 Å². The Morgan fingerprint density at radius 1 is 0.562 bits per heavy atom. The van der Waals surface area contributed by atoms with Crippen LogP contribution in [0.3, 0.4) is 0 Å². The van der Waals surface area contributed by atoms with Crippen LogP contribution in [-0.2, 0) is 6.18 Å². The zero-order valence-corrected chi connectivity index (χ0v) is 25.9. The molecule has 7 heteroatoms. The van der Waals surface area contributed by atoms with Crippen molar-refractivity contribution in [3.05, 3.63) is 143 Å². The predicted octanol–water partition coefficient (Wildman–Crippen LogP) is 10.9. The van der Waals surface area contributed by atoms with Crippen LogP contribution in [0.2, 0.25) is 0 Å². The Morgan fingerprint density at radius 3 is 1.54 bits per heavy atom. The second-order valence-electron chi connectivity index (χ2n) is 12.0. The van der Waals surface area contributed by atoms with Gasteiger partial charge < -0.3 is 9.13 Å². The maximum absolute atomic E-state index is 13.7. The van der Waals surface area contributed by atoms with Crippen molar-refractivity contribution in [2.45, 2.75) is 20.0 Å². The molecule has 0 saturated heterocycles. The minimum atomic E-state index is -4.60. The zero-order valence-electron chi connectivity index (χ0n) is 25.9. The molecule has 230 valence electrons. The molecule has 0 aliphatic rings. The highest BCUT2D eigenvalue weighted by atomic mass is 19.4. The summed E-state index contributed by atoms with van der Waals surface area (Å²) >= 11 is 0. The first-order valence-corrected chi connectivity index (χ1v) is 15.4. The molecule has 6 aromatic carbocycles. The Balaban J connectivity index is 1.57. The summed E-state index contributed by atoms with van der Waals surface area (Å²) in [6, 6.07) is 39.4. The molecular formula is C41H25F3N4. The Kier molecular flexibility index (Phi) is 6.44. The van der Waals surface area contributed by atoms with Crippen molar-refractivity contribution in [2.24, 2.45) is 0 Å². The summed E-state index contributed by atoms with van der Waals surface area (Å²) in [6.45, 7) is 4.10. The molecule has 8 rings (SSSR count). The fourth-order valence-corrected chi connectivity index (χ4v) is 7.22. The zero-order chi connectivity index (χ0) is 33.3. The number of hydrogen-bond acceptors (Lipinski definition) is 2. The highest BCUT2D eigenvalue weighted by molar-refractivity contribution is 6.12. The molecule has 48 heavy (non-hydrogen) atoms. The van der Waals surface area contributed by atoms with Gasteiger partial charge in [0.25, 0.3) is 0 Å². The fraction of sp³-hybridized carbons (Fsp3) is 0.0732. The fourth-order valence-electron chi connectivity index (χ4n) is 7.22. The van der Waals surface area contributed by atoms with E-state index in [-0.39, 0.29) is 5.56 Å². The van der Waals surface area contributed by atoms with Crippen LogP contribution in [0.5, 0.6) is 0 Å². The molecule has 2 aromatic heterocycles. The summed E-state index contributed by atoms with van der Waals surface area (Å²) in [7, 11) is 0. The number of rotatable bonds is 3. The highest BCUT2D eigenvalue weighted by Crippen LogP contribution is 2.42. The molecule has 0 N–H and O–H groups in total. The van der Waals surface area contributed by atoms with Gasteiger partial charge in [-0.25, -0.2) is 0 Å². The molecule has 0 amide bonds. The topological polar surface area (TPSA) is 57.4 Å². The summed E-state index contributed by atoms with van der Waals surface area (Å²) in [6.07, 6.45) is -4.60. The molecule has 8 aromatic rings. The number of halogens is 3. The lowest BCUT2D eigenvalue weighted by Crippen LogP contribution is -2.07. The van der Waals surface area contributed by atoms with Crippen LogP contribution in [0.4, 0.5) is 13.2 Å². The quantitative estimate of drug-likeness (QED) is 0.195. The molecule has 0 radical (unpaired) electrons. The van der Waals surface area contributed by atoms with Gasteiger partial charge in [0.2, 0.25) is 0 Å². The van der Waals surface area contributed by atoms with E-state index >= 15 is 0 Å². The highest BCUT2D eigenvalue weighted by Gasteiger charge is 2.31. The van der Waals surface area contributed by atoms with Gasteiger partial charge in [0.05, 0.1) is 50.6 Å². The van der Waals surface area contributed by atoms with Crippen molar-refractivity contribution in [2.75, 3.05) is 0 Å². The second-order valence-corrected chi connectivity index (χ2v) is 12.0. The van der Waals surface area contributed by atoms with E-state index in [0.717, 1.165) is 66.9 Å². The minimum absolute atomic E-state index is 0.109. The van der Waals surface area contributed by atoms with Crippen molar-refractivity contribution in [1.29, 1.82) is 10.5 Å². The molecule has 0 atom stereocenters. The lowest BCUT2D eigenvalue weighted by atomic mass is 9.95. The van der Waals surface area contributed by atoms with Gasteiger partial charge in [-0.2, -0.15) is 23.7 Å². The summed E-state index contributed by atoms with van der Waals surface area (Å²) in [5.74, 6) is 0. The van der Waals surface area contributed by atoms with E-state index in [9.17, 15) is 23.7 Å². The monoisotopic (exact) mass is 630 g/mol. The van der Waals surface area contributed by atoms with Gasteiger partial charge in [-0.3, -0.25) is 0 Å². The molecule has 0 fully saturated rings. The van der Waals surface area contributed by atoms with Gasteiger partial charge in [0.15, 0.2) is 0 Å². The van der Waals surface area contributed by atoms with Crippen LogP contribution < -0.4 is 0 Å². The lowest BCUT2D eigenvalue weighted by Gasteiger charge is -2.19. The largest absolute Gasteiger partial charge is 0.416 e. The van der Waals surface area contributed by atoms with Gasteiger partial charge in [0.1, 0.15) is 11.6 Å². The van der Waals surface area contributed by atoms with Crippen molar-refractivity contribution in [3.8, 4) is 34.6 Å². The number of fused-ring (bicyclic) bond motifs is 6. The van der Waals surface area contributed by atoms with E-state index < -0.39 is 11.7 Å². The number of alkyl halides is 3. The third-order valence-electron chi connectivity index (χ3n) is 9.28. The summed E-state index contributed by atoms with van der Waals surface area (Å²) in [5.41, 5.74) is 7.05. The molecule has 4 nitrogen and oxygen atoms in total. The third kappa shape index (κ3) is 4.22. The van der Waals surface area contributed by atoms with Crippen LogP contribution >= 0.6 is 0 Å². The summed E-state index contributed by atoms with van der Waals surface area (Å²) in [5, 5.41) is 25.3. The Bertz CT molecular complexity index is 2570. The number of aromatic nitrogens is 2. The summed E-state index contributed by atoms with van der Waals surface area (Å²) < 4.78 is 45.3. The number of benzene rings is 6. The third-order valence-corrected chi connectivity index (χ3v) is 9.28. The normalized spacial score (nSPS) is 11.8. The van der Waals surface area contributed by atoms with Gasteiger partial charge in [-0.1, -0.05) is 66.7 Å². The van der Waals surface area contributed by atoms with E-state index in [1.807, 2.05) is 105 Å². The van der Waals surface area contributed by atoms with Crippen molar-refractivity contribution in [3.63, 3.8) is 0 Å². The van der Waals surface area contributed by atoms with E-state index in [4.69, 9.17) is 0 Å². The smallest absolute Gasteiger partial charge is 0.308 e. The molecule has 0 aliphatic heterocycles. The van der Waals surface area contributed by atoms with Crippen LogP contribution in [0.15, 0.2) is 115 Å². The predicted molar refractivity (Wildman–Crippen MR) is 184 cm³/mol. The number of aryl methyl sites for hydroxylation is 2. The first-order valence-electron chi connectivity index (χ1n) is 15.4.